The zero-order valence-corrected chi connectivity index (χ0v) is 21.6. The lowest BCUT2D eigenvalue weighted by molar-refractivity contribution is -0.152. The van der Waals surface area contributed by atoms with Gasteiger partial charge in [-0.05, 0) is 51.1 Å². The fourth-order valence-corrected chi connectivity index (χ4v) is 3.80. The summed E-state index contributed by atoms with van der Waals surface area (Å²) in [5.41, 5.74) is 1.77. The lowest BCUT2D eigenvalue weighted by Crippen LogP contribution is -2.38. The predicted molar refractivity (Wildman–Crippen MR) is 139 cm³/mol. The molecule has 0 radical (unpaired) electrons. The summed E-state index contributed by atoms with van der Waals surface area (Å²) in [6.07, 6.45) is 1.36. The molecule has 1 unspecified atom stereocenters. The number of methoxy groups -OCH3 is 1. The molecular weight excluding hydrogens is 490 g/mol. The van der Waals surface area contributed by atoms with Gasteiger partial charge in [-0.2, -0.15) is 0 Å². The van der Waals surface area contributed by atoms with Crippen molar-refractivity contribution >= 4 is 23.3 Å². The summed E-state index contributed by atoms with van der Waals surface area (Å²) in [6, 6.07) is 17.2. The SMILES string of the molecule is COc1ccc(C(=O)c2ccc(OCC3(C)CN(c4ccccc4)NC3=O)nc2)c(OC(C)(C)C(=O)O)c1. The monoisotopic (exact) mass is 519 g/mol. The van der Waals surface area contributed by atoms with Crippen LogP contribution in [0.2, 0.25) is 0 Å². The van der Waals surface area contributed by atoms with Gasteiger partial charge in [-0.25, -0.2) is 9.78 Å². The summed E-state index contributed by atoms with van der Waals surface area (Å²) in [4.78, 5) is 41.7. The summed E-state index contributed by atoms with van der Waals surface area (Å²) >= 11 is 0. The largest absolute Gasteiger partial charge is 0.497 e. The van der Waals surface area contributed by atoms with Crippen LogP contribution in [0.15, 0.2) is 66.9 Å². The average molecular weight is 520 g/mol. The van der Waals surface area contributed by atoms with Gasteiger partial charge in [0.2, 0.25) is 11.8 Å². The van der Waals surface area contributed by atoms with E-state index in [1.54, 1.807) is 23.2 Å². The third kappa shape index (κ3) is 5.54. The minimum Gasteiger partial charge on any atom is -0.497 e. The number of carboxylic acid groups (broad SMARTS) is 1. The first-order valence-electron chi connectivity index (χ1n) is 11.9. The molecule has 1 fully saturated rings. The van der Waals surface area contributed by atoms with Crippen LogP contribution in [0.1, 0.15) is 36.7 Å². The molecule has 3 aromatic rings. The maximum atomic E-state index is 13.3. The first-order valence-corrected chi connectivity index (χ1v) is 11.9. The van der Waals surface area contributed by atoms with E-state index in [0.717, 1.165) is 5.69 Å². The number of amides is 1. The van der Waals surface area contributed by atoms with Crippen molar-refractivity contribution in [2.45, 2.75) is 26.4 Å². The number of carbonyl (C=O) groups excluding carboxylic acids is 2. The van der Waals surface area contributed by atoms with E-state index in [0.29, 0.717) is 12.3 Å². The van der Waals surface area contributed by atoms with E-state index in [2.05, 4.69) is 10.4 Å². The highest BCUT2D eigenvalue weighted by Crippen LogP contribution is 2.31. The second kappa shape index (κ2) is 10.4. The number of anilines is 1. The zero-order valence-electron chi connectivity index (χ0n) is 21.6. The molecule has 0 aliphatic carbocycles. The standard InChI is InChI=1S/C28H29N3O7/c1-27(2,26(34)35)38-22-14-20(36-4)11-12-21(22)24(32)18-10-13-23(29-15-18)37-17-28(3)16-31(30-25(28)33)19-8-6-5-7-9-19/h5-15H,16-17H2,1-4H3,(H,30,33)(H,34,35). The van der Waals surface area contributed by atoms with E-state index in [1.165, 1.54) is 39.3 Å². The third-order valence-corrected chi connectivity index (χ3v) is 6.21. The number of ether oxygens (including phenoxy) is 3. The summed E-state index contributed by atoms with van der Waals surface area (Å²) in [7, 11) is 1.46. The maximum Gasteiger partial charge on any atom is 0.347 e. The molecular formula is C28H29N3O7. The van der Waals surface area contributed by atoms with Gasteiger partial charge >= 0.3 is 5.97 Å². The van der Waals surface area contributed by atoms with Crippen LogP contribution in [0.25, 0.3) is 0 Å². The van der Waals surface area contributed by atoms with Crippen molar-refractivity contribution in [1.29, 1.82) is 0 Å². The summed E-state index contributed by atoms with van der Waals surface area (Å²) in [5, 5.41) is 11.2. The van der Waals surface area contributed by atoms with Gasteiger partial charge in [0.05, 0.1) is 24.9 Å². The maximum absolute atomic E-state index is 13.3. The van der Waals surface area contributed by atoms with Crippen LogP contribution < -0.4 is 24.6 Å². The minimum absolute atomic E-state index is 0.0743. The molecule has 1 atom stereocenters. The fraction of sp³-hybridized carbons (Fsp3) is 0.286. The number of carbonyl (C=O) groups is 3. The topological polar surface area (TPSA) is 127 Å². The number of nitrogens with one attached hydrogen (secondary N) is 1. The first kappa shape index (κ1) is 26.5. The number of aliphatic carboxylic acids is 1. The Balaban J connectivity index is 1.46. The molecule has 2 heterocycles. The average Bonchev–Trinajstić information content (AvgIpc) is 3.21. The van der Waals surface area contributed by atoms with E-state index < -0.39 is 22.8 Å². The van der Waals surface area contributed by atoms with Crippen LogP contribution in [-0.4, -0.2) is 53.6 Å². The summed E-state index contributed by atoms with van der Waals surface area (Å²) < 4.78 is 16.7. The number of pyridine rings is 1. The highest BCUT2D eigenvalue weighted by atomic mass is 16.5. The van der Waals surface area contributed by atoms with Crippen LogP contribution in [0, 0.1) is 5.41 Å². The van der Waals surface area contributed by atoms with Crippen LogP contribution in [-0.2, 0) is 9.59 Å². The Bertz CT molecular complexity index is 1340. The number of hydrogen-bond donors (Lipinski definition) is 2. The van der Waals surface area contributed by atoms with Gasteiger partial charge < -0.3 is 19.3 Å². The molecule has 0 saturated carbocycles. The molecule has 0 bridgehead atoms. The van der Waals surface area contributed by atoms with Crippen molar-refractivity contribution in [2.75, 3.05) is 25.3 Å². The molecule has 2 N–H and O–H groups in total. The molecule has 198 valence electrons. The Morgan fingerprint density at radius 1 is 1.13 bits per heavy atom. The van der Waals surface area contributed by atoms with E-state index in [1.807, 2.05) is 37.3 Å². The Morgan fingerprint density at radius 3 is 2.50 bits per heavy atom. The Hall–Kier alpha value is -4.60. The molecule has 1 aliphatic heterocycles. The molecule has 1 saturated heterocycles. The Morgan fingerprint density at radius 2 is 1.87 bits per heavy atom. The van der Waals surface area contributed by atoms with Gasteiger partial charge in [-0.1, -0.05) is 18.2 Å². The van der Waals surface area contributed by atoms with Gasteiger partial charge in [0.15, 0.2) is 11.4 Å². The lowest BCUT2D eigenvalue weighted by Gasteiger charge is -2.23. The summed E-state index contributed by atoms with van der Waals surface area (Å²) in [5.74, 6) is -1.02. The molecule has 10 heteroatoms. The number of nitrogens with zero attached hydrogens (tertiary/aromatic N) is 2. The third-order valence-electron chi connectivity index (χ3n) is 6.21. The number of rotatable bonds is 10. The van der Waals surface area contributed by atoms with Crippen molar-refractivity contribution in [3.8, 4) is 17.4 Å². The number of aromatic nitrogens is 1. The van der Waals surface area contributed by atoms with E-state index in [-0.39, 0.29) is 35.3 Å². The van der Waals surface area contributed by atoms with E-state index in [9.17, 15) is 19.5 Å². The lowest BCUT2D eigenvalue weighted by atomic mass is 9.92. The summed E-state index contributed by atoms with van der Waals surface area (Å²) in [6.45, 7) is 5.09. The second-order valence-corrected chi connectivity index (χ2v) is 9.71. The second-order valence-electron chi connectivity index (χ2n) is 9.71. The van der Waals surface area contributed by atoms with Crippen LogP contribution in [0.4, 0.5) is 5.69 Å². The van der Waals surface area contributed by atoms with Gasteiger partial charge in [-0.15, -0.1) is 0 Å². The number of hydrazine groups is 1. The number of benzene rings is 2. The number of ketones is 1. The zero-order chi connectivity index (χ0) is 27.5. The predicted octanol–water partition coefficient (Wildman–Crippen LogP) is 3.50. The van der Waals surface area contributed by atoms with Crippen LogP contribution in [0.5, 0.6) is 17.4 Å². The normalized spacial score (nSPS) is 17.1. The quantitative estimate of drug-likeness (QED) is 0.387. The van der Waals surface area contributed by atoms with Crippen LogP contribution >= 0.6 is 0 Å². The number of hydrogen-bond acceptors (Lipinski definition) is 8. The molecule has 1 aromatic heterocycles. The molecule has 4 rings (SSSR count). The number of para-hydroxylation sites is 1. The fourth-order valence-electron chi connectivity index (χ4n) is 3.80. The van der Waals surface area contributed by atoms with Crippen molar-refractivity contribution < 1.29 is 33.7 Å². The van der Waals surface area contributed by atoms with Crippen molar-refractivity contribution in [1.82, 2.24) is 10.4 Å². The Kier molecular flexibility index (Phi) is 7.25. The van der Waals surface area contributed by atoms with E-state index in [4.69, 9.17) is 14.2 Å². The van der Waals surface area contributed by atoms with Crippen molar-refractivity contribution in [3.63, 3.8) is 0 Å². The van der Waals surface area contributed by atoms with E-state index >= 15 is 0 Å². The van der Waals surface area contributed by atoms with Crippen molar-refractivity contribution in [3.05, 3.63) is 78.0 Å². The minimum atomic E-state index is -1.57. The van der Waals surface area contributed by atoms with Crippen LogP contribution in [0.3, 0.4) is 0 Å². The Labute approximate surface area is 220 Å². The molecule has 1 amide bonds. The van der Waals surface area contributed by atoms with Gasteiger partial charge in [-0.3, -0.25) is 20.0 Å². The molecule has 2 aromatic carbocycles. The molecule has 10 nitrogen and oxygen atoms in total. The van der Waals surface area contributed by atoms with Gasteiger partial charge in [0.1, 0.15) is 23.5 Å². The highest BCUT2D eigenvalue weighted by Gasteiger charge is 2.43. The van der Waals surface area contributed by atoms with Gasteiger partial charge in [0, 0.05) is 23.9 Å². The smallest absolute Gasteiger partial charge is 0.347 e. The van der Waals surface area contributed by atoms with Crippen molar-refractivity contribution in [2.24, 2.45) is 5.41 Å². The van der Waals surface area contributed by atoms with Gasteiger partial charge in [0.25, 0.3) is 0 Å². The molecule has 38 heavy (non-hydrogen) atoms. The first-order chi connectivity index (χ1) is 18.0. The molecule has 1 aliphatic rings. The highest BCUT2D eigenvalue weighted by molar-refractivity contribution is 6.10. The molecule has 0 spiro atoms. The number of carboxylic acids is 1.